The lowest BCUT2D eigenvalue weighted by Crippen LogP contribution is -2.61. The fraction of sp³-hybridized carbons (Fsp3) is 0.545. The molecule has 176 valence electrons. The van der Waals surface area contributed by atoms with Crippen molar-refractivity contribution in [3.63, 3.8) is 0 Å². The van der Waals surface area contributed by atoms with Gasteiger partial charge in [0.25, 0.3) is 0 Å². The van der Waals surface area contributed by atoms with Gasteiger partial charge in [-0.15, -0.1) is 0 Å². The summed E-state index contributed by atoms with van der Waals surface area (Å²) in [6, 6.07) is 7.57. The van der Waals surface area contributed by atoms with Crippen LogP contribution in [0.2, 0.25) is 0 Å². The lowest BCUT2D eigenvalue weighted by molar-refractivity contribution is -0.151. The minimum Gasteiger partial charge on any atom is -0.465 e. The van der Waals surface area contributed by atoms with E-state index in [1.807, 2.05) is 18.2 Å². The first-order chi connectivity index (χ1) is 15.1. The maximum absolute atomic E-state index is 12.8. The predicted octanol–water partition coefficient (Wildman–Crippen LogP) is 1.97. The summed E-state index contributed by atoms with van der Waals surface area (Å²) in [6.07, 6.45) is -1.31. The third-order valence-corrected chi connectivity index (χ3v) is 4.42. The van der Waals surface area contributed by atoms with Crippen LogP contribution in [0, 0.1) is 0 Å². The minimum absolute atomic E-state index is 0.0414. The molecule has 32 heavy (non-hydrogen) atoms. The molecule has 0 aromatic heterocycles. The molecule has 3 amide bonds. The molecule has 1 saturated heterocycles. The molecule has 2 N–H and O–H groups in total. The van der Waals surface area contributed by atoms with Gasteiger partial charge in [0.05, 0.1) is 12.6 Å². The van der Waals surface area contributed by atoms with Crippen LogP contribution in [0.3, 0.4) is 0 Å². The molecule has 1 fully saturated rings. The molecule has 1 aliphatic rings. The summed E-state index contributed by atoms with van der Waals surface area (Å²) in [7, 11) is 0. The van der Waals surface area contributed by atoms with E-state index < -0.39 is 41.7 Å². The SMILES string of the molecule is CCOC(=O)CN1C[C@@H](NC(=O)OC(C)(C)C)C[C@H](NC(=O)OCc2ccccc2)C1=O. The van der Waals surface area contributed by atoms with Gasteiger partial charge < -0.3 is 29.7 Å². The molecule has 1 heterocycles. The summed E-state index contributed by atoms with van der Waals surface area (Å²) >= 11 is 0. The van der Waals surface area contributed by atoms with Gasteiger partial charge in [0.1, 0.15) is 24.8 Å². The maximum Gasteiger partial charge on any atom is 0.408 e. The van der Waals surface area contributed by atoms with Crippen molar-refractivity contribution in [2.24, 2.45) is 0 Å². The van der Waals surface area contributed by atoms with Gasteiger partial charge in [-0.1, -0.05) is 30.3 Å². The van der Waals surface area contributed by atoms with Gasteiger partial charge in [-0.2, -0.15) is 0 Å². The van der Waals surface area contributed by atoms with Gasteiger partial charge in [0.2, 0.25) is 5.91 Å². The predicted molar refractivity (Wildman–Crippen MR) is 115 cm³/mol. The fourth-order valence-corrected chi connectivity index (χ4v) is 3.15. The average Bonchev–Trinajstić information content (AvgIpc) is 2.69. The van der Waals surface area contributed by atoms with Crippen LogP contribution in [0.5, 0.6) is 0 Å². The third-order valence-electron chi connectivity index (χ3n) is 4.42. The van der Waals surface area contributed by atoms with E-state index in [-0.39, 0.29) is 32.7 Å². The van der Waals surface area contributed by atoms with E-state index in [1.54, 1.807) is 39.8 Å². The Balaban J connectivity index is 2.03. The summed E-state index contributed by atoms with van der Waals surface area (Å²) in [5, 5.41) is 5.22. The number of alkyl carbamates (subject to hydrolysis) is 2. The van der Waals surface area contributed by atoms with Crippen molar-refractivity contribution in [2.45, 2.75) is 58.4 Å². The molecule has 0 aliphatic carbocycles. The monoisotopic (exact) mass is 449 g/mol. The number of piperidine rings is 1. The lowest BCUT2D eigenvalue weighted by Gasteiger charge is -2.37. The van der Waals surface area contributed by atoms with Crippen LogP contribution < -0.4 is 10.6 Å². The largest absolute Gasteiger partial charge is 0.465 e. The smallest absolute Gasteiger partial charge is 0.408 e. The molecule has 0 saturated carbocycles. The first-order valence-corrected chi connectivity index (χ1v) is 10.5. The molecule has 1 aromatic rings. The molecule has 0 radical (unpaired) electrons. The number of hydrogen-bond acceptors (Lipinski definition) is 7. The first kappa shape index (κ1) is 25.0. The number of likely N-dealkylation sites (tertiary alicyclic amines) is 1. The highest BCUT2D eigenvalue weighted by Crippen LogP contribution is 2.15. The summed E-state index contributed by atoms with van der Waals surface area (Å²) in [4.78, 5) is 50.5. The average molecular weight is 450 g/mol. The van der Waals surface area contributed by atoms with Gasteiger partial charge in [0, 0.05) is 6.54 Å². The quantitative estimate of drug-likeness (QED) is 0.482. The number of ether oxygens (including phenoxy) is 3. The zero-order valence-electron chi connectivity index (χ0n) is 18.9. The molecule has 0 spiro atoms. The Hall–Kier alpha value is -3.30. The lowest BCUT2D eigenvalue weighted by atomic mass is 10.00. The number of esters is 1. The third kappa shape index (κ3) is 8.44. The number of nitrogens with zero attached hydrogens (tertiary/aromatic N) is 1. The number of hydrogen-bond donors (Lipinski definition) is 2. The highest BCUT2D eigenvalue weighted by Gasteiger charge is 2.37. The number of carbonyl (C=O) groups is 4. The van der Waals surface area contributed by atoms with Crippen molar-refractivity contribution in [3.05, 3.63) is 35.9 Å². The van der Waals surface area contributed by atoms with E-state index in [9.17, 15) is 19.2 Å². The first-order valence-electron chi connectivity index (χ1n) is 10.5. The molecular formula is C22H31N3O7. The zero-order valence-corrected chi connectivity index (χ0v) is 18.9. The molecule has 2 rings (SSSR count). The molecular weight excluding hydrogens is 418 g/mol. The van der Waals surface area contributed by atoms with E-state index in [0.717, 1.165) is 5.56 Å². The van der Waals surface area contributed by atoms with Crippen LogP contribution in [0.15, 0.2) is 30.3 Å². The van der Waals surface area contributed by atoms with Gasteiger partial charge in [-0.3, -0.25) is 9.59 Å². The summed E-state index contributed by atoms with van der Waals surface area (Å²) < 4.78 is 15.4. The van der Waals surface area contributed by atoms with Gasteiger partial charge in [-0.25, -0.2) is 9.59 Å². The second-order valence-corrected chi connectivity index (χ2v) is 8.36. The van der Waals surface area contributed by atoms with E-state index >= 15 is 0 Å². The number of amides is 3. The Kier molecular flexibility index (Phi) is 8.86. The van der Waals surface area contributed by atoms with Crippen LogP contribution in [0.25, 0.3) is 0 Å². The molecule has 0 bridgehead atoms. The number of rotatable bonds is 7. The Labute approximate surface area is 187 Å². The van der Waals surface area contributed by atoms with Crippen LogP contribution in [0.1, 0.15) is 39.7 Å². The molecule has 10 nitrogen and oxygen atoms in total. The Bertz CT molecular complexity index is 807. The van der Waals surface area contributed by atoms with Crippen molar-refractivity contribution in [2.75, 3.05) is 19.7 Å². The van der Waals surface area contributed by atoms with Crippen molar-refractivity contribution in [3.8, 4) is 0 Å². The van der Waals surface area contributed by atoms with E-state index in [2.05, 4.69) is 10.6 Å². The van der Waals surface area contributed by atoms with Crippen LogP contribution in [0.4, 0.5) is 9.59 Å². The number of carbonyl (C=O) groups excluding carboxylic acids is 4. The van der Waals surface area contributed by atoms with Gasteiger partial charge in [0.15, 0.2) is 0 Å². The topological polar surface area (TPSA) is 123 Å². The normalized spacial score (nSPS) is 18.5. The van der Waals surface area contributed by atoms with Crippen molar-refractivity contribution < 1.29 is 33.4 Å². The van der Waals surface area contributed by atoms with Crippen LogP contribution in [-0.4, -0.2) is 66.3 Å². The summed E-state index contributed by atoms with van der Waals surface area (Å²) in [5.74, 6) is -1.04. The van der Waals surface area contributed by atoms with Crippen molar-refractivity contribution in [1.82, 2.24) is 15.5 Å². The highest BCUT2D eigenvalue weighted by molar-refractivity contribution is 5.89. The molecule has 1 aromatic carbocycles. The maximum atomic E-state index is 12.8. The Morgan fingerprint density at radius 2 is 1.75 bits per heavy atom. The molecule has 2 atom stereocenters. The summed E-state index contributed by atoms with van der Waals surface area (Å²) in [6.45, 7) is 6.86. The van der Waals surface area contributed by atoms with E-state index in [0.29, 0.717) is 0 Å². The number of nitrogens with one attached hydrogen (secondary N) is 2. The standard InChI is InChI=1S/C22H31N3O7/c1-5-30-18(26)13-25-12-16(23-21(29)32-22(2,3)4)11-17(19(25)27)24-20(28)31-14-15-9-7-6-8-10-15/h6-10,16-17H,5,11-14H2,1-4H3,(H,23,29)(H,24,28)/t16-,17-/m0/s1. The van der Waals surface area contributed by atoms with Gasteiger partial charge in [-0.05, 0) is 39.7 Å². The summed E-state index contributed by atoms with van der Waals surface area (Å²) in [5.41, 5.74) is 0.101. The molecule has 10 heteroatoms. The van der Waals surface area contributed by atoms with Crippen molar-refractivity contribution in [1.29, 1.82) is 0 Å². The van der Waals surface area contributed by atoms with Gasteiger partial charge >= 0.3 is 18.2 Å². The number of benzene rings is 1. The van der Waals surface area contributed by atoms with Crippen LogP contribution in [-0.2, 0) is 30.4 Å². The van der Waals surface area contributed by atoms with Crippen molar-refractivity contribution >= 4 is 24.1 Å². The second-order valence-electron chi connectivity index (χ2n) is 8.36. The fourth-order valence-electron chi connectivity index (χ4n) is 3.15. The molecule has 0 unspecified atom stereocenters. The van der Waals surface area contributed by atoms with Crippen LogP contribution >= 0.6 is 0 Å². The second kappa shape index (κ2) is 11.4. The Morgan fingerprint density at radius 1 is 1.06 bits per heavy atom. The highest BCUT2D eigenvalue weighted by atomic mass is 16.6. The van der Waals surface area contributed by atoms with E-state index in [4.69, 9.17) is 14.2 Å². The Morgan fingerprint density at radius 3 is 2.38 bits per heavy atom. The molecule has 1 aliphatic heterocycles. The minimum atomic E-state index is -0.985. The zero-order chi connectivity index (χ0) is 23.7. The van der Waals surface area contributed by atoms with E-state index in [1.165, 1.54) is 4.90 Å².